The number of aromatic amines is 1. The number of sulfonamides is 1. The number of hydrogen-bond acceptors (Lipinski definition) is 6. The number of aryl methyl sites for hydroxylation is 1. The number of pyridine rings is 1. The average molecular weight is 439 g/mol. The number of methoxy groups -OCH3 is 1. The van der Waals surface area contributed by atoms with E-state index in [0.29, 0.717) is 13.1 Å². The van der Waals surface area contributed by atoms with Crippen LogP contribution in [-0.2, 0) is 16.6 Å². The first-order valence-corrected chi connectivity index (χ1v) is 11.9. The maximum absolute atomic E-state index is 12.8. The van der Waals surface area contributed by atoms with Crippen LogP contribution in [0.5, 0.6) is 5.75 Å². The molecule has 2 aromatic rings. The normalized spacial score (nSPS) is 15.3. The van der Waals surface area contributed by atoms with Crippen molar-refractivity contribution in [2.24, 2.45) is 0 Å². The molecule has 29 heavy (non-hydrogen) atoms. The van der Waals surface area contributed by atoms with E-state index in [4.69, 9.17) is 4.74 Å². The molecule has 1 aliphatic heterocycles. The molecule has 0 spiro atoms. The van der Waals surface area contributed by atoms with Crippen molar-refractivity contribution >= 4 is 27.7 Å². The van der Waals surface area contributed by atoms with Gasteiger partial charge in [0.15, 0.2) is 0 Å². The van der Waals surface area contributed by atoms with Crippen molar-refractivity contribution in [3.63, 3.8) is 0 Å². The van der Waals surface area contributed by atoms with Crippen molar-refractivity contribution in [2.45, 2.75) is 25.3 Å². The molecular formula is C19H26N4O4S2. The van der Waals surface area contributed by atoms with Gasteiger partial charge in [-0.05, 0) is 19.9 Å². The summed E-state index contributed by atoms with van der Waals surface area (Å²) in [6, 6.07) is 1.41. The van der Waals surface area contributed by atoms with Crippen LogP contribution in [0.25, 0.3) is 0 Å². The van der Waals surface area contributed by atoms with Gasteiger partial charge in [-0.2, -0.15) is 16.1 Å². The first kappa shape index (κ1) is 21.7. The summed E-state index contributed by atoms with van der Waals surface area (Å²) in [6.07, 6.45) is 3.10. The Morgan fingerprint density at radius 3 is 2.69 bits per heavy atom. The van der Waals surface area contributed by atoms with Crippen molar-refractivity contribution < 1.29 is 17.9 Å². The first-order chi connectivity index (χ1) is 13.8. The van der Waals surface area contributed by atoms with Crippen LogP contribution in [-0.4, -0.2) is 72.3 Å². The first-order valence-electron chi connectivity index (χ1n) is 9.26. The van der Waals surface area contributed by atoms with Gasteiger partial charge in [0.2, 0.25) is 10.0 Å². The molecule has 0 unspecified atom stereocenters. The Balaban J connectivity index is 1.76. The molecule has 158 valence electrons. The van der Waals surface area contributed by atoms with Crippen LogP contribution >= 0.6 is 11.8 Å². The van der Waals surface area contributed by atoms with Crippen molar-refractivity contribution in [3.05, 3.63) is 41.0 Å². The maximum atomic E-state index is 12.8. The van der Waals surface area contributed by atoms with Crippen LogP contribution in [0.4, 0.5) is 0 Å². The smallest absolute Gasteiger partial charge is 0.270 e. The Labute approximate surface area is 175 Å². The summed E-state index contributed by atoms with van der Waals surface area (Å²) in [4.78, 5) is 21.7. The number of thioether (sulfide) groups is 1. The standard InChI is InChI=1S/C19H26N4O4S2/c1-13-10-20-17(14(2)18(13)27-4)12-22(3)19(24)16-9-15(11-21-16)29(25,26)23-5-7-28-8-6-23/h9-11,21H,5-8,12H2,1-4H3. The second-order valence-corrected chi connectivity index (χ2v) is 10.1. The molecule has 0 saturated carbocycles. The van der Waals surface area contributed by atoms with E-state index in [1.807, 2.05) is 13.8 Å². The van der Waals surface area contributed by atoms with Gasteiger partial charge in [0.1, 0.15) is 16.3 Å². The van der Waals surface area contributed by atoms with E-state index in [9.17, 15) is 13.2 Å². The number of nitrogens with zero attached hydrogens (tertiary/aromatic N) is 3. The van der Waals surface area contributed by atoms with Gasteiger partial charge >= 0.3 is 0 Å². The van der Waals surface area contributed by atoms with E-state index >= 15 is 0 Å². The molecule has 0 aliphatic carbocycles. The summed E-state index contributed by atoms with van der Waals surface area (Å²) in [7, 11) is -0.324. The Kier molecular flexibility index (Phi) is 6.55. The van der Waals surface area contributed by atoms with Crippen LogP contribution in [0, 0.1) is 13.8 Å². The number of carbonyl (C=O) groups excluding carboxylic acids is 1. The Morgan fingerprint density at radius 2 is 2.03 bits per heavy atom. The number of hydrogen-bond donors (Lipinski definition) is 1. The Bertz CT molecular complexity index is 998. The van der Waals surface area contributed by atoms with Gasteiger partial charge in [0.05, 0.1) is 19.3 Å². The zero-order chi connectivity index (χ0) is 21.2. The van der Waals surface area contributed by atoms with Gasteiger partial charge in [0.25, 0.3) is 5.91 Å². The van der Waals surface area contributed by atoms with E-state index < -0.39 is 10.0 Å². The molecule has 1 saturated heterocycles. The van der Waals surface area contributed by atoms with Crippen molar-refractivity contribution in [2.75, 3.05) is 38.8 Å². The molecule has 8 nitrogen and oxygen atoms in total. The Hall–Kier alpha value is -2.04. The van der Waals surface area contributed by atoms with Crippen molar-refractivity contribution in [3.8, 4) is 5.75 Å². The topological polar surface area (TPSA) is 95.6 Å². The third-order valence-electron chi connectivity index (χ3n) is 4.98. The second kappa shape index (κ2) is 8.76. The van der Waals surface area contributed by atoms with E-state index in [1.54, 1.807) is 32.1 Å². The fourth-order valence-corrected chi connectivity index (χ4v) is 5.89. The van der Waals surface area contributed by atoms with E-state index in [2.05, 4.69) is 9.97 Å². The molecule has 0 atom stereocenters. The summed E-state index contributed by atoms with van der Waals surface area (Å²) in [5, 5.41) is 0. The average Bonchev–Trinajstić information content (AvgIpc) is 3.21. The molecule has 10 heteroatoms. The largest absolute Gasteiger partial charge is 0.496 e. The van der Waals surface area contributed by atoms with Gasteiger partial charge in [-0.15, -0.1) is 0 Å². The molecule has 3 heterocycles. The van der Waals surface area contributed by atoms with Gasteiger partial charge in [0, 0.05) is 55.2 Å². The number of carbonyl (C=O) groups is 1. The van der Waals surface area contributed by atoms with Crippen LogP contribution in [0.3, 0.4) is 0 Å². The maximum Gasteiger partial charge on any atom is 0.270 e. The molecule has 1 fully saturated rings. The zero-order valence-corrected chi connectivity index (χ0v) is 18.7. The fourth-order valence-electron chi connectivity index (χ4n) is 3.32. The lowest BCUT2D eigenvalue weighted by molar-refractivity contribution is 0.0778. The predicted molar refractivity (Wildman–Crippen MR) is 113 cm³/mol. The summed E-state index contributed by atoms with van der Waals surface area (Å²) in [5.74, 6) is 2.01. The van der Waals surface area contributed by atoms with E-state index in [1.165, 1.54) is 21.5 Å². The highest BCUT2D eigenvalue weighted by molar-refractivity contribution is 7.99. The van der Waals surface area contributed by atoms with Crippen LogP contribution in [0.15, 0.2) is 23.4 Å². The number of ether oxygens (including phenoxy) is 1. The molecular weight excluding hydrogens is 412 g/mol. The highest BCUT2D eigenvalue weighted by Gasteiger charge is 2.28. The molecule has 0 radical (unpaired) electrons. The van der Waals surface area contributed by atoms with Gasteiger partial charge in [-0.3, -0.25) is 9.78 Å². The van der Waals surface area contributed by atoms with Gasteiger partial charge in [-0.25, -0.2) is 8.42 Å². The molecule has 0 aromatic carbocycles. The summed E-state index contributed by atoms with van der Waals surface area (Å²) in [5.41, 5.74) is 2.77. The molecule has 1 amide bonds. The zero-order valence-electron chi connectivity index (χ0n) is 17.1. The minimum atomic E-state index is -3.59. The van der Waals surface area contributed by atoms with Crippen molar-refractivity contribution in [1.29, 1.82) is 0 Å². The summed E-state index contributed by atoms with van der Waals surface area (Å²) >= 11 is 1.74. The highest BCUT2D eigenvalue weighted by atomic mass is 32.2. The number of rotatable bonds is 6. The lowest BCUT2D eigenvalue weighted by atomic mass is 10.1. The Morgan fingerprint density at radius 1 is 1.34 bits per heavy atom. The SMILES string of the molecule is COc1c(C)cnc(CN(C)C(=O)c2cc(S(=O)(=O)N3CCSCC3)c[nH]2)c1C. The number of amides is 1. The third-order valence-corrected chi connectivity index (χ3v) is 7.80. The minimum absolute atomic E-state index is 0.118. The molecule has 2 aromatic heterocycles. The number of H-pyrrole nitrogens is 1. The predicted octanol–water partition coefficient (Wildman–Crippen LogP) is 2.04. The molecule has 1 N–H and O–H groups in total. The minimum Gasteiger partial charge on any atom is -0.496 e. The molecule has 3 rings (SSSR count). The summed E-state index contributed by atoms with van der Waals surface area (Å²) in [6.45, 7) is 5.08. The monoisotopic (exact) mass is 438 g/mol. The lowest BCUT2D eigenvalue weighted by Gasteiger charge is -2.24. The van der Waals surface area contributed by atoms with Gasteiger partial charge in [-0.1, -0.05) is 0 Å². The van der Waals surface area contributed by atoms with Crippen LogP contribution in [0.1, 0.15) is 27.3 Å². The highest BCUT2D eigenvalue weighted by Crippen LogP contribution is 2.25. The third kappa shape index (κ3) is 4.44. The van der Waals surface area contributed by atoms with Crippen molar-refractivity contribution in [1.82, 2.24) is 19.2 Å². The molecule has 0 bridgehead atoms. The second-order valence-electron chi connectivity index (χ2n) is 6.97. The fraction of sp³-hybridized carbons (Fsp3) is 0.474. The van der Waals surface area contributed by atoms with Gasteiger partial charge < -0.3 is 14.6 Å². The number of nitrogens with one attached hydrogen (secondary N) is 1. The van der Waals surface area contributed by atoms with Crippen LogP contribution < -0.4 is 4.74 Å². The quantitative estimate of drug-likeness (QED) is 0.742. The lowest BCUT2D eigenvalue weighted by Crippen LogP contribution is -2.37. The number of aromatic nitrogens is 2. The summed E-state index contributed by atoms with van der Waals surface area (Å²) < 4.78 is 32.4. The van der Waals surface area contributed by atoms with E-state index in [-0.39, 0.29) is 23.0 Å². The van der Waals surface area contributed by atoms with E-state index in [0.717, 1.165) is 34.1 Å². The molecule has 1 aliphatic rings. The van der Waals surface area contributed by atoms with Crippen LogP contribution in [0.2, 0.25) is 0 Å².